The molecular formula is C14H25N3. The number of aromatic nitrogens is 2. The van der Waals surface area contributed by atoms with Gasteiger partial charge >= 0.3 is 0 Å². The molecule has 3 nitrogen and oxygen atoms in total. The van der Waals surface area contributed by atoms with Crippen LogP contribution in [0, 0.1) is 0 Å². The second-order valence-electron chi connectivity index (χ2n) is 5.00. The Kier molecular flexibility index (Phi) is 5.05. The Labute approximate surface area is 105 Å². The smallest absolute Gasteiger partial charge is 0.0951 e. The molecule has 0 unspecified atom stereocenters. The van der Waals surface area contributed by atoms with Gasteiger partial charge in [0.2, 0.25) is 0 Å². The molecule has 1 aromatic heterocycles. The molecule has 1 N–H and O–H groups in total. The van der Waals surface area contributed by atoms with E-state index in [2.05, 4.69) is 28.1 Å². The third-order valence-electron chi connectivity index (χ3n) is 3.54. The Balaban J connectivity index is 1.70. The van der Waals surface area contributed by atoms with Gasteiger partial charge in [0.05, 0.1) is 12.0 Å². The molecule has 1 aliphatic rings. The van der Waals surface area contributed by atoms with Crippen LogP contribution in [0.25, 0.3) is 0 Å². The molecule has 1 aliphatic carbocycles. The average Bonchev–Trinajstić information content (AvgIpc) is 2.77. The largest absolute Gasteiger partial charge is 0.334 e. The molecule has 1 aromatic rings. The van der Waals surface area contributed by atoms with Crippen molar-refractivity contribution >= 4 is 0 Å². The van der Waals surface area contributed by atoms with Crippen molar-refractivity contribution in [2.24, 2.45) is 0 Å². The van der Waals surface area contributed by atoms with E-state index in [1.807, 2.05) is 0 Å². The summed E-state index contributed by atoms with van der Waals surface area (Å²) in [6.45, 7) is 5.67. The number of hydrogen-bond acceptors (Lipinski definition) is 2. The molecule has 0 amide bonds. The van der Waals surface area contributed by atoms with Crippen LogP contribution in [-0.2, 0) is 19.4 Å². The summed E-state index contributed by atoms with van der Waals surface area (Å²) in [5.41, 5.74) is 2.87. The fourth-order valence-electron chi connectivity index (χ4n) is 2.56. The van der Waals surface area contributed by atoms with Gasteiger partial charge in [0, 0.05) is 12.2 Å². The number of fused-ring (bicyclic) bond motifs is 1. The summed E-state index contributed by atoms with van der Waals surface area (Å²) in [6.07, 6.45) is 10.9. The van der Waals surface area contributed by atoms with Crippen molar-refractivity contribution < 1.29 is 0 Å². The minimum Gasteiger partial charge on any atom is -0.334 e. The van der Waals surface area contributed by atoms with E-state index in [4.69, 9.17) is 0 Å². The minimum atomic E-state index is 1.15. The Morgan fingerprint density at radius 1 is 1.24 bits per heavy atom. The number of nitrogens with zero attached hydrogens (tertiary/aromatic N) is 2. The van der Waals surface area contributed by atoms with Gasteiger partial charge in [0.25, 0.3) is 0 Å². The third-order valence-corrected chi connectivity index (χ3v) is 3.54. The Bertz CT molecular complexity index is 330. The SMILES string of the molecule is CCCNCCCCn1cnc2c1CCCC2. The van der Waals surface area contributed by atoms with Crippen molar-refractivity contribution in [1.29, 1.82) is 0 Å². The Morgan fingerprint density at radius 2 is 2.12 bits per heavy atom. The first-order valence-corrected chi connectivity index (χ1v) is 7.15. The molecule has 0 saturated carbocycles. The highest BCUT2D eigenvalue weighted by atomic mass is 15.1. The van der Waals surface area contributed by atoms with E-state index in [-0.39, 0.29) is 0 Å². The van der Waals surface area contributed by atoms with E-state index in [0.29, 0.717) is 0 Å². The summed E-state index contributed by atoms with van der Waals surface area (Å²) >= 11 is 0. The fraction of sp³-hybridized carbons (Fsp3) is 0.786. The molecule has 17 heavy (non-hydrogen) atoms. The van der Waals surface area contributed by atoms with Crippen molar-refractivity contribution in [3.8, 4) is 0 Å². The maximum absolute atomic E-state index is 4.53. The van der Waals surface area contributed by atoms with Gasteiger partial charge in [-0.15, -0.1) is 0 Å². The highest BCUT2D eigenvalue weighted by Crippen LogP contribution is 2.20. The second kappa shape index (κ2) is 6.80. The van der Waals surface area contributed by atoms with Crippen LogP contribution in [-0.4, -0.2) is 22.6 Å². The van der Waals surface area contributed by atoms with Crippen LogP contribution in [0.4, 0.5) is 0 Å². The minimum absolute atomic E-state index is 1.15. The van der Waals surface area contributed by atoms with E-state index in [0.717, 1.165) is 19.6 Å². The second-order valence-corrected chi connectivity index (χ2v) is 5.00. The monoisotopic (exact) mass is 235 g/mol. The summed E-state index contributed by atoms with van der Waals surface area (Å²) in [6, 6.07) is 0. The topological polar surface area (TPSA) is 29.9 Å². The molecule has 0 bridgehead atoms. The number of aryl methyl sites for hydroxylation is 2. The molecule has 96 valence electrons. The molecule has 1 heterocycles. The summed E-state index contributed by atoms with van der Waals surface area (Å²) < 4.78 is 2.38. The number of nitrogens with one attached hydrogen (secondary N) is 1. The predicted molar refractivity (Wildman–Crippen MR) is 71.3 cm³/mol. The van der Waals surface area contributed by atoms with Crippen LogP contribution < -0.4 is 5.32 Å². The van der Waals surface area contributed by atoms with E-state index in [1.165, 1.54) is 56.3 Å². The lowest BCUT2D eigenvalue weighted by Gasteiger charge is -2.13. The van der Waals surface area contributed by atoms with Crippen LogP contribution in [0.5, 0.6) is 0 Å². The van der Waals surface area contributed by atoms with Crippen LogP contribution in [0.1, 0.15) is 50.4 Å². The first kappa shape index (κ1) is 12.6. The van der Waals surface area contributed by atoms with Crippen molar-refractivity contribution in [3.63, 3.8) is 0 Å². The van der Waals surface area contributed by atoms with Gasteiger partial charge in [0.1, 0.15) is 0 Å². The van der Waals surface area contributed by atoms with E-state index in [9.17, 15) is 0 Å². The zero-order valence-corrected chi connectivity index (χ0v) is 11.0. The van der Waals surface area contributed by atoms with Gasteiger partial charge in [-0.2, -0.15) is 0 Å². The normalized spacial score (nSPS) is 14.9. The fourth-order valence-corrected chi connectivity index (χ4v) is 2.56. The summed E-state index contributed by atoms with van der Waals surface area (Å²) in [7, 11) is 0. The lowest BCUT2D eigenvalue weighted by Crippen LogP contribution is -2.16. The van der Waals surface area contributed by atoms with Gasteiger partial charge in [-0.1, -0.05) is 6.92 Å². The summed E-state index contributed by atoms with van der Waals surface area (Å²) in [5.74, 6) is 0. The Morgan fingerprint density at radius 3 is 3.00 bits per heavy atom. The molecule has 0 radical (unpaired) electrons. The van der Waals surface area contributed by atoms with Gasteiger partial charge in [0.15, 0.2) is 0 Å². The molecule has 0 atom stereocenters. The molecular weight excluding hydrogens is 210 g/mol. The lowest BCUT2D eigenvalue weighted by molar-refractivity contribution is 0.544. The summed E-state index contributed by atoms with van der Waals surface area (Å²) in [5, 5.41) is 3.45. The first-order valence-electron chi connectivity index (χ1n) is 7.15. The number of hydrogen-bond donors (Lipinski definition) is 1. The highest BCUT2D eigenvalue weighted by molar-refractivity contribution is 5.16. The zero-order valence-electron chi connectivity index (χ0n) is 11.0. The molecule has 0 saturated heterocycles. The molecule has 0 spiro atoms. The molecule has 0 fully saturated rings. The molecule has 0 aliphatic heterocycles. The van der Waals surface area contributed by atoms with Crippen LogP contribution in [0.15, 0.2) is 6.33 Å². The highest BCUT2D eigenvalue weighted by Gasteiger charge is 2.14. The van der Waals surface area contributed by atoms with E-state index >= 15 is 0 Å². The van der Waals surface area contributed by atoms with E-state index < -0.39 is 0 Å². The molecule has 3 heteroatoms. The number of imidazole rings is 1. The van der Waals surface area contributed by atoms with Crippen molar-refractivity contribution in [2.45, 2.75) is 58.4 Å². The number of rotatable bonds is 7. The standard InChI is InChI=1S/C14H25N3/c1-2-9-15-10-5-6-11-17-12-16-13-7-3-4-8-14(13)17/h12,15H,2-11H2,1H3. The van der Waals surface area contributed by atoms with Crippen LogP contribution in [0.2, 0.25) is 0 Å². The third kappa shape index (κ3) is 3.56. The maximum Gasteiger partial charge on any atom is 0.0951 e. The van der Waals surface area contributed by atoms with Crippen LogP contribution >= 0.6 is 0 Å². The van der Waals surface area contributed by atoms with Crippen molar-refractivity contribution in [2.75, 3.05) is 13.1 Å². The van der Waals surface area contributed by atoms with Crippen LogP contribution in [0.3, 0.4) is 0 Å². The summed E-state index contributed by atoms with van der Waals surface area (Å²) in [4.78, 5) is 4.53. The van der Waals surface area contributed by atoms with Gasteiger partial charge < -0.3 is 9.88 Å². The molecule has 2 rings (SSSR count). The van der Waals surface area contributed by atoms with E-state index in [1.54, 1.807) is 0 Å². The quantitative estimate of drug-likeness (QED) is 0.736. The zero-order chi connectivity index (χ0) is 11.9. The molecule has 0 aromatic carbocycles. The average molecular weight is 235 g/mol. The van der Waals surface area contributed by atoms with Gasteiger partial charge in [-0.05, 0) is 58.0 Å². The van der Waals surface area contributed by atoms with Gasteiger partial charge in [-0.25, -0.2) is 4.98 Å². The number of unbranched alkanes of at least 4 members (excludes halogenated alkanes) is 1. The Hall–Kier alpha value is -0.830. The van der Waals surface area contributed by atoms with Crippen molar-refractivity contribution in [3.05, 3.63) is 17.7 Å². The maximum atomic E-state index is 4.53. The first-order chi connectivity index (χ1) is 8.42. The predicted octanol–water partition coefficient (Wildman–Crippen LogP) is 2.54. The van der Waals surface area contributed by atoms with Crippen molar-refractivity contribution in [1.82, 2.24) is 14.9 Å². The van der Waals surface area contributed by atoms with Gasteiger partial charge in [-0.3, -0.25) is 0 Å². The lowest BCUT2D eigenvalue weighted by atomic mass is 10.0.